The Morgan fingerprint density at radius 2 is 1.10 bits per heavy atom. The van der Waals surface area contributed by atoms with Crippen LogP contribution in [0.2, 0.25) is 0 Å². The van der Waals surface area contributed by atoms with Gasteiger partial charge in [-0.15, -0.1) is 0 Å². The Morgan fingerprint density at radius 1 is 0.571 bits per heavy atom. The number of hydrogen-bond donors (Lipinski definition) is 18. The molecule has 0 bridgehead atoms. The maximum atomic E-state index is 14.0. The predicted molar refractivity (Wildman–Crippen MR) is 329 cm³/mol. The molecule has 1 aromatic carbocycles. The van der Waals surface area contributed by atoms with Crippen molar-refractivity contribution < 1.29 is 82.0 Å². The highest BCUT2D eigenvalue weighted by Crippen LogP contribution is 2.33. The number of primary amides is 1. The van der Waals surface area contributed by atoms with Gasteiger partial charge in [-0.05, 0) is 81.9 Å². The first kappa shape index (κ1) is 74.9. The number of ether oxygens (including phenoxy) is 2. The van der Waals surface area contributed by atoms with Crippen molar-refractivity contribution in [1.82, 2.24) is 69.1 Å². The summed E-state index contributed by atoms with van der Waals surface area (Å²) in [6, 6.07) is -0.831. The van der Waals surface area contributed by atoms with Gasteiger partial charge >= 0.3 is 12.0 Å². The number of carboxylic acids is 1. The van der Waals surface area contributed by atoms with Crippen molar-refractivity contribution in [3.8, 4) is 5.75 Å². The van der Waals surface area contributed by atoms with Crippen LogP contribution in [0.5, 0.6) is 5.75 Å². The maximum Gasteiger partial charge on any atom is 0.315 e. The molecular formula is C57H90N16O17S. The molecule has 20 N–H and O–H groups in total. The van der Waals surface area contributed by atoms with Crippen molar-refractivity contribution >= 4 is 94.7 Å². The first-order valence-electron chi connectivity index (χ1n) is 30.6. The SMILES string of the molecule is N=C(N)NCCC[C@@H]1NC(=O)[C@H](CCCCNC(=O)CCC(=O)NCCOCCOCCNC(=O)CCC(=O)N[C@@H](CCCCNC(=O)CCCC[C@@H]2SC[C@@H]3NC(=O)N[C@@H]32)C(N)=O)NC(=O)[C@@H](Cc2ccc(O)cc2)NC(=O)[C@H](CC(=O)O)NC(=O)CNC1=O. The second-order valence-electron chi connectivity index (χ2n) is 22.0. The molecule has 1 aromatic rings. The number of nitrogens with one attached hydrogen (secondary N) is 14. The summed E-state index contributed by atoms with van der Waals surface area (Å²) in [6.07, 6.45) is 3.27. The van der Waals surface area contributed by atoms with Gasteiger partial charge in [-0.1, -0.05) is 18.6 Å². The normalized spacial score (nSPS) is 20.4. The van der Waals surface area contributed by atoms with Crippen LogP contribution in [0.1, 0.15) is 115 Å². The van der Waals surface area contributed by atoms with E-state index < -0.39 is 108 Å². The third kappa shape index (κ3) is 31.2. The molecule has 0 radical (unpaired) electrons. The number of urea groups is 1. The number of phenolic OH excluding ortho intramolecular Hbond substituents is 1. The van der Waals surface area contributed by atoms with E-state index in [1.165, 1.54) is 24.3 Å². The number of aliphatic carboxylic acids is 1. The zero-order valence-corrected chi connectivity index (χ0v) is 51.8. The van der Waals surface area contributed by atoms with Crippen molar-refractivity contribution in [2.75, 3.05) is 71.4 Å². The lowest BCUT2D eigenvalue weighted by Gasteiger charge is -2.26. The molecule has 8 atom stereocenters. The van der Waals surface area contributed by atoms with E-state index in [9.17, 15) is 72.5 Å². The molecule has 3 heterocycles. The third-order valence-electron chi connectivity index (χ3n) is 14.6. The highest BCUT2D eigenvalue weighted by Gasteiger charge is 2.42. The molecule has 4 rings (SSSR count). The van der Waals surface area contributed by atoms with Crippen LogP contribution in [0.4, 0.5) is 4.79 Å². The van der Waals surface area contributed by atoms with E-state index in [-0.39, 0.29) is 159 Å². The number of amides is 13. The number of hydrogen-bond acceptors (Lipinski definition) is 18. The minimum absolute atomic E-state index is 0.0222. The summed E-state index contributed by atoms with van der Waals surface area (Å²) in [5.74, 6) is -8.01. The lowest BCUT2D eigenvalue weighted by molar-refractivity contribution is -0.141. The van der Waals surface area contributed by atoms with Crippen LogP contribution >= 0.6 is 11.8 Å². The summed E-state index contributed by atoms with van der Waals surface area (Å²) >= 11 is 1.84. The molecule has 0 saturated carbocycles. The number of benzene rings is 1. The highest BCUT2D eigenvalue weighted by molar-refractivity contribution is 8.00. The Morgan fingerprint density at radius 3 is 1.71 bits per heavy atom. The molecule has 33 nitrogen and oxygen atoms in total. The van der Waals surface area contributed by atoms with Gasteiger partial charge in [0, 0.05) is 82.3 Å². The molecule has 3 saturated heterocycles. The average molecular weight is 1300 g/mol. The van der Waals surface area contributed by atoms with Crippen molar-refractivity contribution in [1.29, 1.82) is 5.41 Å². The topological polar surface area (TPSA) is 513 Å². The number of fused-ring (bicyclic) bond motifs is 1. The fourth-order valence-electron chi connectivity index (χ4n) is 9.76. The second-order valence-corrected chi connectivity index (χ2v) is 23.3. The fourth-order valence-corrected chi connectivity index (χ4v) is 11.3. The summed E-state index contributed by atoms with van der Waals surface area (Å²) < 4.78 is 10.9. The Hall–Kier alpha value is -8.53. The molecule has 0 spiro atoms. The van der Waals surface area contributed by atoms with Gasteiger partial charge in [0.25, 0.3) is 0 Å². The fraction of sp³-hybridized carbons (Fsp3) is 0.649. The van der Waals surface area contributed by atoms with E-state index >= 15 is 0 Å². The number of aromatic hydroxyl groups is 1. The molecule has 506 valence electrons. The minimum atomic E-state index is -1.69. The van der Waals surface area contributed by atoms with Crippen molar-refractivity contribution in [2.24, 2.45) is 11.5 Å². The molecule has 3 fully saturated rings. The molecule has 91 heavy (non-hydrogen) atoms. The van der Waals surface area contributed by atoms with E-state index in [1.54, 1.807) is 0 Å². The third-order valence-corrected chi connectivity index (χ3v) is 16.1. The van der Waals surface area contributed by atoms with Gasteiger partial charge in [0.05, 0.1) is 51.5 Å². The van der Waals surface area contributed by atoms with Gasteiger partial charge in [0.1, 0.15) is 36.0 Å². The maximum absolute atomic E-state index is 14.0. The molecule has 0 aliphatic carbocycles. The Bertz CT molecular complexity index is 2640. The lowest BCUT2D eigenvalue weighted by Crippen LogP contribution is -2.58. The van der Waals surface area contributed by atoms with Gasteiger partial charge in [-0.2, -0.15) is 11.8 Å². The quantitative estimate of drug-likeness (QED) is 0.0128. The summed E-state index contributed by atoms with van der Waals surface area (Å²) in [5.41, 5.74) is 11.3. The molecule has 13 amide bonds. The van der Waals surface area contributed by atoms with Crippen LogP contribution in [-0.2, 0) is 73.4 Å². The van der Waals surface area contributed by atoms with Crippen molar-refractivity contribution in [2.45, 2.75) is 163 Å². The molecule has 3 aliphatic heterocycles. The van der Waals surface area contributed by atoms with Gasteiger partial charge < -0.3 is 100 Å². The first-order chi connectivity index (χ1) is 43.6. The minimum Gasteiger partial charge on any atom is -0.508 e. The summed E-state index contributed by atoms with van der Waals surface area (Å²) in [6.45, 7) is 0.924. The molecular weight excluding hydrogens is 1210 g/mol. The van der Waals surface area contributed by atoms with Crippen LogP contribution in [0.15, 0.2) is 24.3 Å². The first-order valence-corrected chi connectivity index (χ1v) is 31.7. The van der Waals surface area contributed by atoms with Gasteiger partial charge in [0.2, 0.25) is 65.0 Å². The standard InChI is InChI=1S/C57H90N16O17S/c58-51(83)36(8-3-5-21-61-43(75)12-2-1-11-42-50-41(33-91-42)72-57(88)73-50)67-47(79)20-19-46(78)64-25-27-90-29-28-89-26-24-63-45(77)18-17-44(76)62-22-6-4-9-38-53(85)69-37(10-7-23-65-56(59)60)52(84)66-32-48(80)68-40(31-49(81)82)55(87)71-39(54(86)70-38)30-34-13-15-35(74)16-14-34/h13-16,36-42,50,74H,1-12,17-33H2,(H2,58,83)(H,61,75)(H,62,76)(H,63,77)(H,64,78)(H,66,84)(H,67,79)(H,68,80)(H,69,85)(H,70,86)(H,71,87)(H,81,82)(H4,59,60,65)(H2,72,73,88)/t36-,37-,38-,39+,40-,41-,42-,50-/m0/s1. The molecule has 0 unspecified atom stereocenters. The summed E-state index contributed by atoms with van der Waals surface area (Å²) in [5, 5.41) is 61.4. The van der Waals surface area contributed by atoms with Crippen LogP contribution < -0.4 is 80.6 Å². The van der Waals surface area contributed by atoms with Crippen LogP contribution in [0.25, 0.3) is 0 Å². The van der Waals surface area contributed by atoms with Crippen molar-refractivity contribution in [3.05, 3.63) is 29.8 Å². The number of carbonyl (C=O) groups is 13. The van der Waals surface area contributed by atoms with E-state index in [4.69, 9.17) is 26.4 Å². The number of guanidine groups is 1. The van der Waals surface area contributed by atoms with Gasteiger partial charge in [0.15, 0.2) is 5.96 Å². The van der Waals surface area contributed by atoms with E-state index in [2.05, 4.69) is 69.1 Å². The predicted octanol–water partition coefficient (Wildman–Crippen LogP) is -4.16. The van der Waals surface area contributed by atoms with Crippen molar-refractivity contribution in [3.63, 3.8) is 0 Å². The smallest absolute Gasteiger partial charge is 0.315 e. The Labute approximate surface area is 531 Å². The number of rotatable bonds is 40. The molecule has 34 heteroatoms. The second kappa shape index (κ2) is 41.7. The number of phenols is 1. The van der Waals surface area contributed by atoms with E-state index in [1.807, 2.05) is 11.8 Å². The lowest BCUT2D eigenvalue weighted by atomic mass is 10.0. The number of nitrogens with two attached hydrogens (primary N) is 2. The van der Waals surface area contributed by atoms with Gasteiger partial charge in [-0.25, -0.2) is 4.79 Å². The largest absolute Gasteiger partial charge is 0.508 e. The van der Waals surface area contributed by atoms with E-state index in [0.717, 1.165) is 25.0 Å². The summed E-state index contributed by atoms with van der Waals surface area (Å²) in [7, 11) is 0. The number of unbranched alkanes of at least 4 members (excludes halogenated alkanes) is 3. The molecule has 0 aromatic heterocycles. The average Bonchev–Trinajstić information content (AvgIpc) is 1.73. The van der Waals surface area contributed by atoms with Crippen LogP contribution in [-0.4, -0.2) is 212 Å². The highest BCUT2D eigenvalue weighted by atomic mass is 32.2. The van der Waals surface area contributed by atoms with Crippen LogP contribution in [0.3, 0.4) is 0 Å². The number of carbonyl (C=O) groups excluding carboxylic acids is 12. The van der Waals surface area contributed by atoms with Gasteiger partial charge in [-0.3, -0.25) is 62.9 Å². The zero-order chi connectivity index (χ0) is 66.5. The van der Waals surface area contributed by atoms with Crippen LogP contribution in [0, 0.1) is 5.41 Å². The Balaban J connectivity index is 1.07. The number of thioether (sulfide) groups is 1. The number of carboxylic acid groups (broad SMARTS) is 1. The monoisotopic (exact) mass is 1300 g/mol. The Kier molecular flexibility index (Phi) is 34.3. The summed E-state index contributed by atoms with van der Waals surface area (Å²) in [4.78, 5) is 165. The zero-order valence-electron chi connectivity index (χ0n) is 51.0. The molecule has 3 aliphatic rings. The van der Waals surface area contributed by atoms with E-state index in [0.29, 0.717) is 36.6 Å².